The van der Waals surface area contributed by atoms with Gasteiger partial charge in [-0.15, -0.1) is 0 Å². The molecule has 0 rings (SSSR count). The van der Waals surface area contributed by atoms with Crippen LogP contribution >= 0.6 is 0 Å². The van der Waals surface area contributed by atoms with Gasteiger partial charge in [-0.2, -0.15) is 0 Å². The summed E-state index contributed by atoms with van der Waals surface area (Å²) in [6.07, 6.45) is 9.43. The molecule has 0 heteroatoms. The number of hydrogen-bond donors (Lipinski definition) is 0. The Morgan fingerprint density at radius 3 is 2.31 bits per heavy atom. The molecule has 0 aromatic heterocycles. The molecule has 0 aliphatic carbocycles. The minimum Gasteiger partial charge on any atom is -0.0988 e. The van der Waals surface area contributed by atoms with Gasteiger partial charge in [0.2, 0.25) is 0 Å². The summed E-state index contributed by atoms with van der Waals surface area (Å²) in [6, 6.07) is 0. The third-order valence-corrected chi connectivity index (χ3v) is 2.00. The van der Waals surface area contributed by atoms with E-state index in [1.54, 1.807) is 0 Å². The van der Waals surface area contributed by atoms with Crippen molar-refractivity contribution in [3.8, 4) is 0 Å². The largest absolute Gasteiger partial charge is 0.0988 e. The van der Waals surface area contributed by atoms with Gasteiger partial charge in [0.1, 0.15) is 0 Å². The Morgan fingerprint density at radius 2 is 1.92 bits per heavy atom. The highest BCUT2D eigenvalue weighted by Crippen LogP contribution is 2.17. The summed E-state index contributed by atoms with van der Waals surface area (Å²) in [4.78, 5) is 0. The van der Waals surface area contributed by atoms with Crippen molar-refractivity contribution in [2.24, 2.45) is 0 Å². The molecule has 0 atom stereocenters. The average molecular weight is 176 g/mol. The first-order valence-corrected chi connectivity index (χ1v) is 4.80. The second-order valence-corrected chi connectivity index (χ2v) is 3.10. The van der Waals surface area contributed by atoms with Crippen molar-refractivity contribution < 1.29 is 0 Å². The van der Waals surface area contributed by atoms with E-state index in [9.17, 15) is 0 Å². The van der Waals surface area contributed by atoms with Crippen LogP contribution in [0.1, 0.15) is 34.1 Å². The summed E-state index contributed by atoms with van der Waals surface area (Å²) < 4.78 is 0. The third kappa shape index (κ3) is 3.93. The molecule has 0 aliphatic heterocycles. The van der Waals surface area contributed by atoms with E-state index >= 15 is 0 Å². The van der Waals surface area contributed by atoms with E-state index in [-0.39, 0.29) is 0 Å². The molecule has 0 aromatic carbocycles. The van der Waals surface area contributed by atoms with E-state index < -0.39 is 0 Å². The van der Waals surface area contributed by atoms with Crippen molar-refractivity contribution in [1.29, 1.82) is 0 Å². The fourth-order valence-corrected chi connectivity index (χ4v) is 1.27. The zero-order valence-corrected chi connectivity index (χ0v) is 9.22. The van der Waals surface area contributed by atoms with Crippen molar-refractivity contribution >= 4 is 0 Å². The highest BCUT2D eigenvalue weighted by atomic mass is 14.0. The lowest BCUT2D eigenvalue weighted by Gasteiger charge is -2.05. The topological polar surface area (TPSA) is 0 Å². The maximum Gasteiger partial charge on any atom is -0.0205 e. The predicted octanol–water partition coefficient (Wildman–Crippen LogP) is 4.42. The second-order valence-electron chi connectivity index (χ2n) is 3.10. The Morgan fingerprint density at radius 1 is 1.31 bits per heavy atom. The molecule has 0 bridgehead atoms. The normalized spacial score (nSPS) is 14.6. The van der Waals surface area contributed by atoms with Gasteiger partial charge in [-0.05, 0) is 43.9 Å². The van der Waals surface area contributed by atoms with Crippen LogP contribution in [-0.4, -0.2) is 0 Å². The van der Waals surface area contributed by atoms with Crippen LogP contribution in [0.5, 0.6) is 0 Å². The second kappa shape index (κ2) is 6.47. The maximum atomic E-state index is 3.79. The van der Waals surface area contributed by atoms with Crippen molar-refractivity contribution in [2.75, 3.05) is 0 Å². The SMILES string of the molecule is C=C/C(C)=C(\C=C/C)C(/C)=C\CC. The molecular weight excluding hydrogens is 156 g/mol. The highest BCUT2D eigenvalue weighted by molar-refractivity contribution is 5.44. The third-order valence-electron chi connectivity index (χ3n) is 2.00. The zero-order valence-electron chi connectivity index (χ0n) is 9.22. The summed E-state index contributed by atoms with van der Waals surface area (Å²) in [6.45, 7) is 12.2. The summed E-state index contributed by atoms with van der Waals surface area (Å²) >= 11 is 0. The van der Waals surface area contributed by atoms with E-state index in [0.717, 1.165) is 6.42 Å². The van der Waals surface area contributed by atoms with E-state index in [0.29, 0.717) is 0 Å². The van der Waals surface area contributed by atoms with Gasteiger partial charge in [0, 0.05) is 0 Å². The summed E-state index contributed by atoms with van der Waals surface area (Å²) in [5, 5.41) is 0. The minimum absolute atomic E-state index is 1.08. The number of hydrogen-bond acceptors (Lipinski definition) is 0. The molecule has 0 heterocycles. The lowest BCUT2D eigenvalue weighted by molar-refractivity contribution is 1.18. The van der Waals surface area contributed by atoms with E-state index in [1.165, 1.54) is 16.7 Å². The average Bonchev–Trinajstić information content (AvgIpc) is 2.13. The van der Waals surface area contributed by atoms with Gasteiger partial charge in [0.25, 0.3) is 0 Å². The van der Waals surface area contributed by atoms with Crippen molar-refractivity contribution in [1.82, 2.24) is 0 Å². The van der Waals surface area contributed by atoms with E-state index in [4.69, 9.17) is 0 Å². The Kier molecular flexibility index (Phi) is 5.96. The van der Waals surface area contributed by atoms with E-state index in [2.05, 4.69) is 45.6 Å². The van der Waals surface area contributed by atoms with Crippen LogP contribution in [0.3, 0.4) is 0 Å². The summed E-state index contributed by atoms with van der Waals surface area (Å²) in [5.74, 6) is 0. The molecule has 13 heavy (non-hydrogen) atoms. The molecule has 0 amide bonds. The molecule has 0 saturated carbocycles. The summed E-state index contributed by atoms with van der Waals surface area (Å²) in [7, 11) is 0. The molecular formula is C13H20. The van der Waals surface area contributed by atoms with Gasteiger partial charge in [-0.1, -0.05) is 37.8 Å². The molecule has 0 saturated heterocycles. The molecule has 0 unspecified atom stereocenters. The standard InChI is InChI=1S/C13H20/c1-6-9-12(5)13(10-7-2)11(4)8-3/h7-10H,3,6H2,1-2,4-5H3/b10-7-,12-9-,13-11+. The Hall–Kier alpha value is -1.04. The number of rotatable bonds is 4. The molecule has 0 aliphatic rings. The van der Waals surface area contributed by atoms with Crippen LogP contribution in [-0.2, 0) is 0 Å². The van der Waals surface area contributed by atoms with Gasteiger partial charge in [0.15, 0.2) is 0 Å². The first-order chi connectivity index (χ1) is 6.17. The van der Waals surface area contributed by atoms with Crippen LogP contribution in [0.15, 0.2) is 47.6 Å². The fourth-order valence-electron chi connectivity index (χ4n) is 1.27. The lowest BCUT2D eigenvalue weighted by Crippen LogP contribution is -1.85. The molecule has 0 N–H and O–H groups in total. The van der Waals surface area contributed by atoms with Crippen LogP contribution in [0, 0.1) is 0 Å². The highest BCUT2D eigenvalue weighted by Gasteiger charge is 1.97. The molecule has 72 valence electrons. The quantitative estimate of drug-likeness (QED) is 0.556. The van der Waals surface area contributed by atoms with Crippen LogP contribution in [0.2, 0.25) is 0 Å². The lowest BCUT2D eigenvalue weighted by atomic mass is 10.0. The van der Waals surface area contributed by atoms with Crippen molar-refractivity contribution in [3.63, 3.8) is 0 Å². The Bertz CT molecular complexity index is 249. The first-order valence-electron chi connectivity index (χ1n) is 4.80. The van der Waals surface area contributed by atoms with Gasteiger partial charge in [-0.25, -0.2) is 0 Å². The fraction of sp³-hybridized carbons (Fsp3) is 0.385. The van der Waals surface area contributed by atoms with Crippen LogP contribution < -0.4 is 0 Å². The van der Waals surface area contributed by atoms with Gasteiger partial charge in [-0.3, -0.25) is 0 Å². The number of allylic oxidation sites excluding steroid dienone is 7. The van der Waals surface area contributed by atoms with Gasteiger partial charge >= 0.3 is 0 Å². The molecule has 0 spiro atoms. The van der Waals surface area contributed by atoms with E-state index in [1.807, 2.05) is 13.0 Å². The molecule has 0 radical (unpaired) electrons. The first kappa shape index (κ1) is 12.0. The van der Waals surface area contributed by atoms with Crippen LogP contribution in [0.25, 0.3) is 0 Å². The predicted molar refractivity (Wildman–Crippen MR) is 61.8 cm³/mol. The molecule has 0 aromatic rings. The summed E-state index contributed by atoms with van der Waals surface area (Å²) in [5.41, 5.74) is 3.86. The Balaban J connectivity index is 5.03. The van der Waals surface area contributed by atoms with Crippen molar-refractivity contribution in [3.05, 3.63) is 47.6 Å². The zero-order chi connectivity index (χ0) is 10.3. The Labute approximate surface area is 82.4 Å². The minimum atomic E-state index is 1.08. The van der Waals surface area contributed by atoms with Crippen molar-refractivity contribution in [2.45, 2.75) is 34.1 Å². The van der Waals surface area contributed by atoms with Crippen LogP contribution in [0.4, 0.5) is 0 Å². The van der Waals surface area contributed by atoms with Gasteiger partial charge in [0.05, 0.1) is 0 Å². The molecule has 0 nitrogen and oxygen atoms in total. The monoisotopic (exact) mass is 176 g/mol. The van der Waals surface area contributed by atoms with Gasteiger partial charge < -0.3 is 0 Å². The maximum absolute atomic E-state index is 3.79. The smallest absolute Gasteiger partial charge is 0.0205 e. The molecule has 0 fully saturated rings.